The van der Waals surface area contributed by atoms with Crippen LogP contribution in [0.4, 0.5) is 0 Å². The molecule has 4 heteroatoms. The van der Waals surface area contributed by atoms with Crippen molar-refractivity contribution in [2.75, 3.05) is 6.61 Å². The molecule has 2 heterocycles. The zero-order chi connectivity index (χ0) is 12.3. The number of fused-ring (bicyclic) bond motifs is 1. The first-order valence-electron chi connectivity index (χ1n) is 5.98. The van der Waals surface area contributed by atoms with Gasteiger partial charge in [0.15, 0.2) is 0 Å². The zero-order valence-corrected chi connectivity index (χ0v) is 10.3. The summed E-state index contributed by atoms with van der Waals surface area (Å²) in [6, 6.07) is 4.41. The van der Waals surface area contributed by atoms with Gasteiger partial charge in [0, 0.05) is 25.4 Å². The predicted octanol–water partition coefficient (Wildman–Crippen LogP) is 1.50. The van der Waals surface area contributed by atoms with Gasteiger partial charge < -0.3 is 14.8 Å². The Morgan fingerprint density at radius 2 is 2.35 bits per heavy atom. The summed E-state index contributed by atoms with van der Waals surface area (Å²) < 4.78 is 2.11. The third kappa shape index (κ3) is 2.65. The van der Waals surface area contributed by atoms with Crippen LogP contribution in [0.5, 0.6) is 0 Å². The lowest BCUT2D eigenvalue weighted by atomic mass is 10.2. The van der Waals surface area contributed by atoms with Crippen LogP contribution in [0.15, 0.2) is 24.5 Å². The van der Waals surface area contributed by atoms with Crippen molar-refractivity contribution in [1.82, 2.24) is 14.7 Å². The Hall–Kier alpha value is -1.39. The second-order valence-corrected chi connectivity index (χ2v) is 4.43. The molecule has 0 aliphatic heterocycles. The number of rotatable bonds is 5. The molecule has 0 amide bonds. The zero-order valence-electron chi connectivity index (χ0n) is 10.3. The van der Waals surface area contributed by atoms with Gasteiger partial charge in [-0.15, -0.1) is 0 Å². The topological polar surface area (TPSA) is 49.6 Å². The molecule has 2 N–H and O–H groups in total. The Kier molecular flexibility index (Phi) is 3.76. The number of imidazole rings is 1. The molecule has 0 radical (unpaired) electrons. The number of aromatic nitrogens is 2. The fourth-order valence-electron chi connectivity index (χ4n) is 1.91. The van der Waals surface area contributed by atoms with Crippen molar-refractivity contribution in [3.05, 3.63) is 35.8 Å². The summed E-state index contributed by atoms with van der Waals surface area (Å²) in [7, 11) is 0. The second kappa shape index (κ2) is 5.29. The highest BCUT2D eigenvalue weighted by Crippen LogP contribution is 2.10. The van der Waals surface area contributed by atoms with Crippen molar-refractivity contribution in [2.45, 2.75) is 32.9 Å². The van der Waals surface area contributed by atoms with E-state index in [0.717, 1.165) is 24.3 Å². The van der Waals surface area contributed by atoms with Crippen molar-refractivity contribution in [3.8, 4) is 0 Å². The molecule has 1 atom stereocenters. The average Bonchev–Trinajstić information content (AvgIpc) is 2.72. The van der Waals surface area contributed by atoms with Gasteiger partial charge in [-0.25, -0.2) is 4.98 Å². The summed E-state index contributed by atoms with van der Waals surface area (Å²) in [6.07, 6.45) is 4.71. The molecule has 0 fully saturated rings. The van der Waals surface area contributed by atoms with E-state index in [9.17, 15) is 0 Å². The van der Waals surface area contributed by atoms with Crippen molar-refractivity contribution in [1.29, 1.82) is 0 Å². The largest absolute Gasteiger partial charge is 0.396 e. The maximum absolute atomic E-state index is 8.84. The normalized spacial score (nSPS) is 13.1. The number of pyridine rings is 1. The summed E-state index contributed by atoms with van der Waals surface area (Å²) in [5, 5.41) is 12.2. The quantitative estimate of drug-likeness (QED) is 0.823. The molecule has 17 heavy (non-hydrogen) atoms. The number of nitrogens with one attached hydrogen (secondary N) is 1. The van der Waals surface area contributed by atoms with Gasteiger partial charge in [0.25, 0.3) is 0 Å². The molecule has 2 aromatic rings. The highest BCUT2D eigenvalue weighted by molar-refractivity contribution is 5.48. The predicted molar refractivity (Wildman–Crippen MR) is 67.9 cm³/mol. The molecule has 92 valence electrons. The van der Waals surface area contributed by atoms with Crippen molar-refractivity contribution in [3.63, 3.8) is 0 Å². The minimum atomic E-state index is 0.223. The first kappa shape index (κ1) is 12.1. The highest BCUT2D eigenvalue weighted by Gasteiger charge is 2.06. The highest BCUT2D eigenvalue weighted by atomic mass is 16.3. The molecule has 0 aliphatic rings. The van der Waals surface area contributed by atoms with E-state index >= 15 is 0 Å². The molecule has 2 aromatic heterocycles. The first-order valence-corrected chi connectivity index (χ1v) is 5.98. The van der Waals surface area contributed by atoms with Gasteiger partial charge in [-0.3, -0.25) is 0 Å². The fourth-order valence-corrected chi connectivity index (χ4v) is 1.91. The number of nitrogens with zero attached hydrogens (tertiary/aromatic N) is 2. The molecule has 0 aromatic carbocycles. The van der Waals surface area contributed by atoms with Crippen molar-refractivity contribution in [2.24, 2.45) is 0 Å². The Balaban J connectivity index is 2.12. The lowest BCUT2D eigenvalue weighted by Crippen LogP contribution is -2.26. The van der Waals surface area contributed by atoms with Crippen LogP contribution in [0, 0.1) is 6.92 Å². The van der Waals surface area contributed by atoms with E-state index in [4.69, 9.17) is 5.11 Å². The molecule has 0 bridgehead atoms. The van der Waals surface area contributed by atoms with Crippen LogP contribution in [-0.2, 0) is 6.54 Å². The number of aliphatic hydroxyl groups excluding tert-OH is 1. The van der Waals surface area contributed by atoms with E-state index in [1.807, 2.05) is 18.5 Å². The summed E-state index contributed by atoms with van der Waals surface area (Å²) in [5.41, 5.74) is 3.34. The smallest absolute Gasteiger partial charge is 0.139 e. The van der Waals surface area contributed by atoms with Crippen LogP contribution in [0.25, 0.3) is 5.65 Å². The molecular weight excluding hydrogens is 214 g/mol. The average molecular weight is 233 g/mol. The molecule has 0 aliphatic carbocycles. The number of aryl methyl sites for hydroxylation is 1. The van der Waals surface area contributed by atoms with E-state index < -0.39 is 0 Å². The van der Waals surface area contributed by atoms with Crippen molar-refractivity contribution >= 4 is 5.65 Å². The Morgan fingerprint density at radius 1 is 1.53 bits per heavy atom. The van der Waals surface area contributed by atoms with Gasteiger partial charge in [-0.05, 0) is 31.9 Å². The minimum Gasteiger partial charge on any atom is -0.396 e. The Bertz CT molecular complexity index is 492. The van der Waals surface area contributed by atoms with Crippen LogP contribution in [-0.4, -0.2) is 27.1 Å². The molecule has 4 nitrogen and oxygen atoms in total. The molecule has 0 saturated heterocycles. The van der Waals surface area contributed by atoms with Crippen molar-refractivity contribution < 1.29 is 5.11 Å². The maximum Gasteiger partial charge on any atom is 0.139 e. The van der Waals surface area contributed by atoms with Gasteiger partial charge in [0.05, 0.1) is 11.9 Å². The Morgan fingerprint density at radius 3 is 3.12 bits per heavy atom. The van der Waals surface area contributed by atoms with E-state index in [1.54, 1.807) is 0 Å². The standard InChI is InChI=1S/C13H19N3O/c1-10-4-3-6-16-12(9-15-13(10)16)8-14-11(2)5-7-17/h3-4,6,9,11,14,17H,5,7-8H2,1-2H3. The number of hydrogen-bond donors (Lipinski definition) is 2. The molecule has 0 spiro atoms. The summed E-state index contributed by atoms with van der Waals surface area (Å²) >= 11 is 0. The van der Waals surface area contributed by atoms with Crippen LogP contribution < -0.4 is 5.32 Å². The van der Waals surface area contributed by atoms with E-state index in [2.05, 4.69) is 34.6 Å². The number of aliphatic hydroxyl groups is 1. The molecule has 0 saturated carbocycles. The minimum absolute atomic E-state index is 0.223. The fraction of sp³-hybridized carbons (Fsp3) is 0.462. The second-order valence-electron chi connectivity index (χ2n) is 4.43. The van der Waals surface area contributed by atoms with Gasteiger partial charge >= 0.3 is 0 Å². The van der Waals surface area contributed by atoms with Crippen LogP contribution in [0.3, 0.4) is 0 Å². The van der Waals surface area contributed by atoms with Gasteiger partial charge in [0.1, 0.15) is 5.65 Å². The number of hydrogen-bond acceptors (Lipinski definition) is 3. The molecule has 2 rings (SSSR count). The summed E-state index contributed by atoms with van der Waals surface area (Å²) in [4.78, 5) is 4.42. The van der Waals surface area contributed by atoms with Gasteiger partial charge in [-0.1, -0.05) is 6.07 Å². The van der Waals surface area contributed by atoms with Gasteiger partial charge in [-0.2, -0.15) is 0 Å². The van der Waals surface area contributed by atoms with Crippen LogP contribution >= 0.6 is 0 Å². The molecule has 1 unspecified atom stereocenters. The third-order valence-corrected chi connectivity index (χ3v) is 3.00. The first-order chi connectivity index (χ1) is 8.22. The maximum atomic E-state index is 8.84. The van der Waals surface area contributed by atoms with E-state index in [-0.39, 0.29) is 6.61 Å². The summed E-state index contributed by atoms with van der Waals surface area (Å²) in [5.74, 6) is 0. The van der Waals surface area contributed by atoms with E-state index in [0.29, 0.717) is 6.04 Å². The lowest BCUT2D eigenvalue weighted by Gasteiger charge is -2.11. The molecular formula is C13H19N3O. The Labute approximate surface area is 101 Å². The summed E-state index contributed by atoms with van der Waals surface area (Å²) in [6.45, 7) is 5.13. The SMILES string of the molecule is Cc1cccn2c(CNC(C)CCO)cnc12. The van der Waals surface area contributed by atoms with Gasteiger partial charge in [0.2, 0.25) is 0 Å². The third-order valence-electron chi connectivity index (χ3n) is 3.00. The monoisotopic (exact) mass is 233 g/mol. The van der Waals surface area contributed by atoms with Crippen LogP contribution in [0.1, 0.15) is 24.6 Å². The van der Waals surface area contributed by atoms with Crippen LogP contribution in [0.2, 0.25) is 0 Å². The lowest BCUT2D eigenvalue weighted by molar-refractivity contribution is 0.268. The van der Waals surface area contributed by atoms with E-state index in [1.165, 1.54) is 5.56 Å².